The zero-order valence-electron chi connectivity index (χ0n) is 29.5. The summed E-state index contributed by atoms with van der Waals surface area (Å²) in [5.74, 6) is 0. The largest absolute Gasteiger partial charge is 0.360 e. The molecule has 0 spiro atoms. The number of pyridine rings is 1. The van der Waals surface area contributed by atoms with Gasteiger partial charge in [-0.1, -0.05) is 158 Å². The lowest BCUT2D eigenvalue weighted by Crippen LogP contribution is -2.21. The first-order chi connectivity index (χ1) is 26.7. The van der Waals surface area contributed by atoms with Gasteiger partial charge in [0.1, 0.15) is 6.17 Å². The molecule has 0 amide bonds. The van der Waals surface area contributed by atoms with Crippen molar-refractivity contribution >= 4 is 33.2 Å². The highest BCUT2D eigenvalue weighted by Crippen LogP contribution is 2.41. The van der Waals surface area contributed by atoms with Crippen molar-refractivity contribution in [2.45, 2.75) is 6.17 Å². The molecular formula is C51H35N3. The van der Waals surface area contributed by atoms with E-state index in [0.29, 0.717) is 0 Å². The van der Waals surface area contributed by atoms with Crippen molar-refractivity contribution in [3.8, 4) is 44.5 Å². The Hall–Kier alpha value is -7.10. The average molecular weight is 690 g/mol. The minimum atomic E-state index is -0.322. The predicted molar refractivity (Wildman–Crippen MR) is 226 cm³/mol. The standard InChI is InChI=1S/C51H35N3/c1-4-14-34(15-5-1)36-24-26-37(27-25-36)40-30-41(49-43-20-10-12-22-46(43)52-47-23-13-11-21-44(47)49)32-42(31-40)51-53-48-29-28-39(35-16-6-2-7-17-35)33-45(48)50(54-51)38-18-8-3-9-19-38/h1-33,51,53H. The van der Waals surface area contributed by atoms with Crippen molar-refractivity contribution in [1.82, 2.24) is 4.98 Å². The van der Waals surface area contributed by atoms with E-state index in [-0.39, 0.29) is 6.17 Å². The maximum Gasteiger partial charge on any atom is 0.145 e. The maximum absolute atomic E-state index is 5.54. The molecule has 0 bridgehead atoms. The highest BCUT2D eigenvalue weighted by atomic mass is 15.1. The molecule has 10 rings (SSSR count). The fourth-order valence-corrected chi connectivity index (χ4v) is 7.80. The second-order valence-electron chi connectivity index (χ2n) is 13.8. The monoisotopic (exact) mass is 689 g/mol. The quantitative estimate of drug-likeness (QED) is 0.176. The van der Waals surface area contributed by atoms with Crippen LogP contribution in [0, 0.1) is 0 Å². The van der Waals surface area contributed by atoms with Crippen molar-refractivity contribution in [3.63, 3.8) is 0 Å². The highest BCUT2D eigenvalue weighted by molar-refractivity contribution is 6.17. The topological polar surface area (TPSA) is 37.3 Å². The van der Waals surface area contributed by atoms with Crippen LogP contribution in [0.4, 0.5) is 5.69 Å². The summed E-state index contributed by atoms with van der Waals surface area (Å²) in [4.78, 5) is 10.6. The van der Waals surface area contributed by atoms with Crippen molar-refractivity contribution in [1.29, 1.82) is 0 Å². The van der Waals surface area contributed by atoms with Gasteiger partial charge in [-0.15, -0.1) is 0 Å². The Kier molecular flexibility index (Phi) is 7.88. The lowest BCUT2D eigenvalue weighted by molar-refractivity contribution is 0.829. The van der Waals surface area contributed by atoms with E-state index in [1.807, 2.05) is 0 Å². The number of aromatic nitrogens is 1. The lowest BCUT2D eigenvalue weighted by Gasteiger charge is -2.28. The van der Waals surface area contributed by atoms with Gasteiger partial charge in [-0.2, -0.15) is 0 Å². The van der Waals surface area contributed by atoms with Gasteiger partial charge >= 0.3 is 0 Å². The number of fused-ring (bicyclic) bond motifs is 3. The van der Waals surface area contributed by atoms with Gasteiger partial charge in [-0.3, -0.25) is 4.99 Å². The minimum absolute atomic E-state index is 0.322. The summed E-state index contributed by atoms with van der Waals surface area (Å²) in [5, 5.41) is 6.11. The smallest absolute Gasteiger partial charge is 0.145 e. The zero-order chi connectivity index (χ0) is 35.8. The third-order valence-electron chi connectivity index (χ3n) is 10.5. The summed E-state index contributed by atoms with van der Waals surface area (Å²) >= 11 is 0. The van der Waals surface area contributed by atoms with Crippen LogP contribution in [0.2, 0.25) is 0 Å². The third-order valence-corrected chi connectivity index (χ3v) is 10.5. The van der Waals surface area contributed by atoms with Crippen molar-refractivity contribution in [2.24, 2.45) is 4.99 Å². The molecule has 1 unspecified atom stereocenters. The number of anilines is 1. The molecule has 0 aliphatic carbocycles. The molecule has 1 aromatic heterocycles. The van der Waals surface area contributed by atoms with Crippen molar-refractivity contribution < 1.29 is 0 Å². The Balaban J connectivity index is 1.18. The first-order valence-electron chi connectivity index (χ1n) is 18.4. The summed E-state index contributed by atoms with van der Waals surface area (Å²) in [6.45, 7) is 0. The van der Waals surface area contributed by atoms with E-state index in [2.05, 4.69) is 206 Å². The Morgan fingerprint density at radius 1 is 0.370 bits per heavy atom. The van der Waals surface area contributed by atoms with E-state index in [4.69, 9.17) is 9.98 Å². The average Bonchev–Trinajstić information content (AvgIpc) is 3.25. The summed E-state index contributed by atoms with van der Waals surface area (Å²) < 4.78 is 0. The number of hydrogen-bond donors (Lipinski definition) is 1. The van der Waals surface area contributed by atoms with Crippen LogP contribution in [0.25, 0.3) is 66.3 Å². The van der Waals surface area contributed by atoms with E-state index in [1.165, 1.54) is 22.3 Å². The van der Waals surface area contributed by atoms with Gasteiger partial charge in [0.2, 0.25) is 0 Å². The van der Waals surface area contributed by atoms with E-state index in [0.717, 1.165) is 72.1 Å². The normalized spacial score (nSPS) is 13.6. The van der Waals surface area contributed by atoms with Crippen molar-refractivity contribution in [3.05, 3.63) is 217 Å². The molecule has 1 aliphatic heterocycles. The molecular weight excluding hydrogens is 655 g/mol. The second kappa shape index (κ2) is 13.5. The van der Waals surface area contributed by atoms with Crippen LogP contribution in [0.5, 0.6) is 0 Å². The first-order valence-corrected chi connectivity index (χ1v) is 18.4. The van der Waals surface area contributed by atoms with E-state index < -0.39 is 0 Å². The van der Waals surface area contributed by atoms with Gasteiger partial charge in [0.25, 0.3) is 0 Å². The van der Waals surface area contributed by atoms with E-state index >= 15 is 0 Å². The fraction of sp³-hybridized carbons (Fsp3) is 0.0196. The number of benzene rings is 8. The summed E-state index contributed by atoms with van der Waals surface area (Å²) in [6.07, 6.45) is -0.322. The zero-order valence-corrected chi connectivity index (χ0v) is 29.5. The molecule has 2 heterocycles. The Morgan fingerprint density at radius 3 is 1.48 bits per heavy atom. The molecule has 0 radical (unpaired) electrons. The van der Waals surface area contributed by atoms with Crippen molar-refractivity contribution in [2.75, 3.05) is 5.32 Å². The number of hydrogen-bond acceptors (Lipinski definition) is 3. The molecule has 3 heteroatoms. The molecule has 254 valence electrons. The number of rotatable bonds is 6. The molecule has 9 aromatic rings. The van der Waals surface area contributed by atoms with Crippen LogP contribution in [0.1, 0.15) is 22.9 Å². The Morgan fingerprint density at radius 2 is 0.852 bits per heavy atom. The molecule has 54 heavy (non-hydrogen) atoms. The van der Waals surface area contributed by atoms with Gasteiger partial charge < -0.3 is 5.32 Å². The van der Waals surface area contributed by atoms with Gasteiger partial charge in [0, 0.05) is 33.2 Å². The summed E-state index contributed by atoms with van der Waals surface area (Å²) in [5.41, 5.74) is 16.6. The van der Waals surface area contributed by atoms with Gasteiger partial charge in [0.05, 0.1) is 16.7 Å². The van der Waals surface area contributed by atoms with E-state index in [1.54, 1.807) is 0 Å². The number of nitrogens with one attached hydrogen (secondary N) is 1. The fourth-order valence-electron chi connectivity index (χ4n) is 7.80. The van der Waals surface area contributed by atoms with E-state index in [9.17, 15) is 0 Å². The molecule has 0 fully saturated rings. The van der Waals surface area contributed by atoms with Crippen LogP contribution in [-0.2, 0) is 0 Å². The van der Waals surface area contributed by atoms with Crippen LogP contribution >= 0.6 is 0 Å². The molecule has 0 saturated carbocycles. The molecule has 1 N–H and O–H groups in total. The molecule has 8 aromatic carbocycles. The minimum Gasteiger partial charge on any atom is -0.360 e. The highest BCUT2D eigenvalue weighted by Gasteiger charge is 2.25. The SMILES string of the molecule is c1ccc(C2=NC(c3cc(-c4ccc(-c5ccccc5)cc4)cc(-c4c5ccccc5nc5ccccc45)c3)Nc3ccc(-c4ccccc4)cc32)cc1. The summed E-state index contributed by atoms with van der Waals surface area (Å²) in [6, 6.07) is 71.2. The molecule has 1 atom stereocenters. The lowest BCUT2D eigenvalue weighted by atomic mass is 9.90. The van der Waals surface area contributed by atoms with Crippen LogP contribution in [-0.4, -0.2) is 10.7 Å². The molecule has 3 nitrogen and oxygen atoms in total. The van der Waals surface area contributed by atoms with Crippen LogP contribution < -0.4 is 5.32 Å². The Bertz CT molecular complexity index is 2770. The molecule has 1 aliphatic rings. The third kappa shape index (κ3) is 5.82. The number of nitrogens with zero attached hydrogens (tertiary/aromatic N) is 2. The van der Waals surface area contributed by atoms with Crippen LogP contribution in [0.15, 0.2) is 205 Å². The second-order valence-corrected chi connectivity index (χ2v) is 13.8. The Labute approximate surface area is 315 Å². The molecule has 0 saturated heterocycles. The maximum atomic E-state index is 5.54. The number of aliphatic imine (C=N–C) groups is 1. The predicted octanol–water partition coefficient (Wildman–Crippen LogP) is 13.0. The summed E-state index contributed by atoms with van der Waals surface area (Å²) in [7, 11) is 0. The van der Waals surface area contributed by atoms with Crippen LogP contribution in [0.3, 0.4) is 0 Å². The van der Waals surface area contributed by atoms with Gasteiger partial charge in [0.15, 0.2) is 0 Å². The van der Waals surface area contributed by atoms with Gasteiger partial charge in [-0.05, 0) is 87.0 Å². The first kappa shape index (κ1) is 31.6. The number of para-hydroxylation sites is 2. The van der Waals surface area contributed by atoms with Gasteiger partial charge in [-0.25, -0.2) is 4.98 Å².